The monoisotopic (exact) mass is 255 g/mol. The Labute approximate surface area is 107 Å². The van der Waals surface area contributed by atoms with E-state index in [4.69, 9.17) is 9.47 Å². The molecule has 1 N–H and O–H groups in total. The highest BCUT2D eigenvalue weighted by atomic mass is 32.1. The van der Waals surface area contributed by atoms with Crippen molar-refractivity contribution in [3.63, 3.8) is 0 Å². The fourth-order valence-electron chi connectivity index (χ4n) is 1.96. The predicted octanol–water partition coefficient (Wildman–Crippen LogP) is 2.86. The first-order valence-electron chi connectivity index (χ1n) is 6.08. The molecule has 1 aromatic heterocycles. The van der Waals surface area contributed by atoms with Crippen LogP contribution in [0, 0.1) is 6.92 Å². The number of rotatable bonds is 4. The molecule has 0 amide bonds. The summed E-state index contributed by atoms with van der Waals surface area (Å²) in [5, 5.41) is 3.50. The Morgan fingerprint density at radius 3 is 2.82 bits per heavy atom. The molecule has 0 saturated carbocycles. The van der Waals surface area contributed by atoms with Gasteiger partial charge in [0.1, 0.15) is 0 Å². The topological polar surface area (TPSA) is 30.5 Å². The first-order valence-corrected chi connectivity index (χ1v) is 6.89. The first-order chi connectivity index (χ1) is 7.96. The van der Waals surface area contributed by atoms with Crippen LogP contribution in [0.4, 0.5) is 0 Å². The van der Waals surface area contributed by atoms with Crippen molar-refractivity contribution in [3.05, 3.63) is 21.9 Å². The molecule has 4 heteroatoms. The van der Waals surface area contributed by atoms with Crippen molar-refractivity contribution in [1.29, 1.82) is 0 Å². The van der Waals surface area contributed by atoms with E-state index in [9.17, 15) is 0 Å². The maximum Gasteiger partial charge on any atom is 0.163 e. The molecule has 0 spiro atoms. The quantitative estimate of drug-likeness (QED) is 0.897. The summed E-state index contributed by atoms with van der Waals surface area (Å²) in [6.07, 6.45) is 0.161. The summed E-state index contributed by atoms with van der Waals surface area (Å²) in [6, 6.07) is 4.73. The minimum atomic E-state index is -0.422. The van der Waals surface area contributed by atoms with E-state index in [1.54, 1.807) is 0 Å². The van der Waals surface area contributed by atoms with Crippen LogP contribution < -0.4 is 5.32 Å². The van der Waals surface area contributed by atoms with Crippen molar-refractivity contribution in [3.8, 4) is 0 Å². The molecule has 2 rings (SSSR count). The molecule has 2 unspecified atom stereocenters. The van der Waals surface area contributed by atoms with Crippen LogP contribution in [0.25, 0.3) is 0 Å². The Bertz CT molecular complexity index is 375. The van der Waals surface area contributed by atoms with Crippen molar-refractivity contribution >= 4 is 11.3 Å². The smallest absolute Gasteiger partial charge is 0.163 e. The zero-order valence-corrected chi connectivity index (χ0v) is 11.8. The van der Waals surface area contributed by atoms with Gasteiger partial charge in [-0.2, -0.15) is 0 Å². The lowest BCUT2D eigenvalue weighted by atomic mass is 10.2. The van der Waals surface area contributed by atoms with E-state index in [1.807, 2.05) is 25.2 Å². The van der Waals surface area contributed by atoms with Crippen LogP contribution in [0.2, 0.25) is 0 Å². The number of hydrogen-bond donors (Lipinski definition) is 1. The summed E-state index contributed by atoms with van der Waals surface area (Å²) in [5.41, 5.74) is 0. The summed E-state index contributed by atoms with van der Waals surface area (Å²) in [6.45, 7) is 9.75. The summed E-state index contributed by atoms with van der Waals surface area (Å²) < 4.78 is 11.3. The van der Waals surface area contributed by atoms with Gasteiger partial charge in [-0.05, 0) is 39.8 Å². The fourth-order valence-corrected chi connectivity index (χ4v) is 2.86. The number of nitrogens with one attached hydrogen (secondary N) is 1. The molecule has 3 nitrogen and oxygen atoms in total. The van der Waals surface area contributed by atoms with Crippen LogP contribution in [-0.2, 0) is 9.47 Å². The standard InChI is InChI=1S/C13H21NO2S/c1-9-5-6-12(17-9)10(2)14-7-11-8-15-13(3,4)16-11/h5-6,10-11,14H,7-8H2,1-4H3. The normalized spacial score (nSPS) is 25.1. The largest absolute Gasteiger partial charge is 0.348 e. The molecule has 1 aromatic rings. The van der Waals surface area contributed by atoms with Crippen molar-refractivity contribution in [1.82, 2.24) is 5.32 Å². The molecule has 96 valence electrons. The Morgan fingerprint density at radius 2 is 2.29 bits per heavy atom. The lowest BCUT2D eigenvalue weighted by Gasteiger charge is -2.18. The third-order valence-electron chi connectivity index (χ3n) is 2.91. The zero-order chi connectivity index (χ0) is 12.5. The lowest BCUT2D eigenvalue weighted by Crippen LogP contribution is -2.31. The predicted molar refractivity (Wildman–Crippen MR) is 70.4 cm³/mol. The second-order valence-corrected chi connectivity index (χ2v) is 6.35. The van der Waals surface area contributed by atoms with Crippen LogP contribution in [0.3, 0.4) is 0 Å². The molecule has 2 heterocycles. The summed E-state index contributed by atoms with van der Waals surface area (Å²) in [7, 11) is 0. The molecule has 0 aromatic carbocycles. The highest BCUT2D eigenvalue weighted by Gasteiger charge is 2.32. The summed E-state index contributed by atoms with van der Waals surface area (Å²) >= 11 is 1.84. The van der Waals surface area contributed by atoms with Crippen LogP contribution in [0.5, 0.6) is 0 Å². The Balaban J connectivity index is 1.79. The van der Waals surface area contributed by atoms with Gasteiger partial charge in [0.15, 0.2) is 5.79 Å². The Kier molecular flexibility index (Phi) is 3.88. The maximum atomic E-state index is 5.76. The minimum absolute atomic E-state index is 0.161. The van der Waals surface area contributed by atoms with Gasteiger partial charge in [0.05, 0.1) is 12.7 Å². The third kappa shape index (κ3) is 3.52. The average Bonchev–Trinajstić information content (AvgIpc) is 2.81. The molecule has 1 aliphatic rings. The van der Waals surface area contributed by atoms with Crippen molar-refractivity contribution in [2.24, 2.45) is 0 Å². The molecule has 1 fully saturated rings. The van der Waals surface area contributed by atoms with Crippen LogP contribution in [0.1, 0.15) is 36.6 Å². The molecule has 0 aliphatic carbocycles. The Morgan fingerprint density at radius 1 is 1.53 bits per heavy atom. The van der Waals surface area contributed by atoms with Gasteiger partial charge >= 0.3 is 0 Å². The lowest BCUT2D eigenvalue weighted by molar-refractivity contribution is -0.137. The second kappa shape index (κ2) is 5.06. The molecule has 0 radical (unpaired) electrons. The first kappa shape index (κ1) is 13.0. The molecular weight excluding hydrogens is 234 g/mol. The van der Waals surface area contributed by atoms with Crippen molar-refractivity contribution in [2.45, 2.75) is 45.6 Å². The van der Waals surface area contributed by atoms with E-state index < -0.39 is 5.79 Å². The van der Waals surface area contributed by atoms with Gasteiger partial charge in [0.25, 0.3) is 0 Å². The number of thiophene rings is 1. The zero-order valence-electron chi connectivity index (χ0n) is 10.9. The van der Waals surface area contributed by atoms with Crippen LogP contribution in [-0.4, -0.2) is 25.0 Å². The van der Waals surface area contributed by atoms with Crippen molar-refractivity contribution in [2.75, 3.05) is 13.2 Å². The molecule has 17 heavy (non-hydrogen) atoms. The van der Waals surface area contributed by atoms with E-state index in [2.05, 4.69) is 31.3 Å². The number of aryl methyl sites for hydroxylation is 1. The van der Waals surface area contributed by atoms with E-state index in [0.717, 1.165) is 6.54 Å². The molecular formula is C13H21NO2S. The fraction of sp³-hybridized carbons (Fsp3) is 0.692. The van der Waals surface area contributed by atoms with Gasteiger partial charge in [0.2, 0.25) is 0 Å². The van der Waals surface area contributed by atoms with E-state index in [-0.39, 0.29) is 6.10 Å². The van der Waals surface area contributed by atoms with Gasteiger partial charge in [-0.1, -0.05) is 0 Å². The van der Waals surface area contributed by atoms with Gasteiger partial charge in [-0.15, -0.1) is 11.3 Å². The highest BCUT2D eigenvalue weighted by molar-refractivity contribution is 7.12. The van der Waals surface area contributed by atoms with E-state index >= 15 is 0 Å². The van der Waals surface area contributed by atoms with Gasteiger partial charge in [-0.3, -0.25) is 0 Å². The molecule has 0 bridgehead atoms. The van der Waals surface area contributed by atoms with Crippen LogP contribution >= 0.6 is 11.3 Å². The SMILES string of the molecule is Cc1ccc(C(C)NCC2COC(C)(C)O2)s1. The van der Waals surface area contributed by atoms with E-state index in [1.165, 1.54) is 9.75 Å². The summed E-state index contributed by atoms with van der Waals surface area (Å²) in [4.78, 5) is 2.73. The molecule has 1 saturated heterocycles. The molecule has 1 aliphatic heterocycles. The summed E-state index contributed by atoms with van der Waals surface area (Å²) in [5.74, 6) is -0.422. The van der Waals surface area contributed by atoms with Gasteiger partial charge < -0.3 is 14.8 Å². The van der Waals surface area contributed by atoms with Gasteiger partial charge in [-0.25, -0.2) is 0 Å². The maximum absolute atomic E-state index is 5.76. The highest BCUT2D eigenvalue weighted by Crippen LogP contribution is 2.24. The number of ether oxygens (including phenoxy) is 2. The second-order valence-electron chi connectivity index (χ2n) is 5.03. The Hall–Kier alpha value is -0.420. The van der Waals surface area contributed by atoms with Gasteiger partial charge in [0, 0.05) is 22.3 Å². The third-order valence-corrected chi connectivity index (χ3v) is 4.09. The van der Waals surface area contributed by atoms with Crippen LogP contribution in [0.15, 0.2) is 12.1 Å². The van der Waals surface area contributed by atoms with E-state index in [0.29, 0.717) is 12.6 Å². The number of hydrogen-bond acceptors (Lipinski definition) is 4. The minimum Gasteiger partial charge on any atom is -0.348 e. The molecule has 2 atom stereocenters. The van der Waals surface area contributed by atoms with Crippen molar-refractivity contribution < 1.29 is 9.47 Å². The average molecular weight is 255 g/mol.